The van der Waals surface area contributed by atoms with E-state index < -0.39 is 10.0 Å². The minimum Gasteiger partial charge on any atom is -0.322 e. The van der Waals surface area contributed by atoms with Crippen LogP contribution in [-0.4, -0.2) is 19.3 Å². The molecule has 0 unspecified atom stereocenters. The number of amides is 1. The second-order valence-corrected chi connectivity index (χ2v) is 9.28. The molecule has 0 radical (unpaired) electrons. The average Bonchev–Trinajstić information content (AvgIpc) is 3.08. The molecule has 1 heterocycles. The molecule has 3 aromatic carbocycles. The number of thiazole rings is 1. The third-order valence-corrected chi connectivity index (χ3v) is 6.55. The van der Waals surface area contributed by atoms with E-state index in [0.717, 1.165) is 15.2 Å². The fraction of sp³-hybridized carbons (Fsp3) is 0.0476. The maximum Gasteiger partial charge on any atom is 0.261 e. The van der Waals surface area contributed by atoms with Crippen molar-refractivity contribution in [3.8, 4) is 0 Å². The summed E-state index contributed by atoms with van der Waals surface area (Å²) >= 11 is 1.58. The van der Waals surface area contributed by atoms with E-state index in [1.165, 1.54) is 12.1 Å². The Morgan fingerprint density at radius 3 is 2.38 bits per heavy atom. The summed E-state index contributed by atoms with van der Waals surface area (Å²) in [4.78, 5) is 17.0. The van der Waals surface area contributed by atoms with E-state index in [2.05, 4.69) is 15.0 Å². The minimum absolute atomic E-state index is 0.110. The number of hydrogen-bond acceptors (Lipinski definition) is 5. The monoisotopic (exact) mass is 423 g/mol. The third kappa shape index (κ3) is 4.28. The number of carbonyl (C=O) groups excluding carboxylic acids is 1. The number of aromatic nitrogens is 1. The molecule has 0 saturated heterocycles. The molecule has 0 bridgehead atoms. The van der Waals surface area contributed by atoms with Gasteiger partial charge < -0.3 is 5.32 Å². The second kappa shape index (κ2) is 7.65. The Hall–Kier alpha value is -3.23. The van der Waals surface area contributed by atoms with Gasteiger partial charge in [0, 0.05) is 16.9 Å². The van der Waals surface area contributed by atoms with Crippen LogP contribution >= 0.6 is 11.3 Å². The van der Waals surface area contributed by atoms with Gasteiger partial charge in [0.25, 0.3) is 15.9 Å². The first kappa shape index (κ1) is 19.1. The molecule has 8 heteroatoms. The van der Waals surface area contributed by atoms with Gasteiger partial charge in [-0.1, -0.05) is 18.2 Å². The number of carbonyl (C=O) groups is 1. The van der Waals surface area contributed by atoms with Crippen molar-refractivity contribution in [2.24, 2.45) is 0 Å². The number of fused-ring (bicyclic) bond motifs is 1. The fourth-order valence-electron chi connectivity index (χ4n) is 2.82. The van der Waals surface area contributed by atoms with Gasteiger partial charge in [-0.15, -0.1) is 11.3 Å². The number of nitrogens with zero attached hydrogens (tertiary/aromatic N) is 1. The Labute approximate surface area is 172 Å². The lowest BCUT2D eigenvalue weighted by molar-refractivity contribution is 0.102. The summed E-state index contributed by atoms with van der Waals surface area (Å²) in [6.07, 6.45) is 0. The quantitative estimate of drug-likeness (QED) is 0.489. The van der Waals surface area contributed by atoms with Crippen LogP contribution in [0.15, 0.2) is 77.7 Å². The SMILES string of the molecule is Cc1nc2cc(C(=O)Nc3ccc(S(=O)(=O)Nc4ccccc4)cc3)ccc2s1. The lowest BCUT2D eigenvalue weighted by Crippen LogP contribution is -2.14. The van der Waals surface area contributed by atoms with Crippen LogP contribution in [0.5, 0.6) is 0 Å². The first-order chi connectivity index (χ1) is 13.9. The molecule has 0 aliphatic rings. The third-order valence-electron chi connectivity index (χ3n) is 4.21. The molecule has 0 aliphatic heterocycles. The maximum absolute atomic E-state index is 12.5. The smallest absolute Gasteiger partial charge is 0.261 e. The molecule has 146 valence electrons. The van der Waals surface area contributed by atoms with Gasteiger partial charge in [-0.05, 0) is 61.5 Å². The van der Waals surface area contributed by atoms with Crippen molar-refractivity contribution in [2.75, 3.05) is 10.0 Å². The minimum atomic E-state index is -3.70. The van der Waals surface area contributed by atoms with Gasteiger partial charge in [-0.2, -0.15) is 0 Å². The van der Waals surface area contributed by atoms with E-state index in [9.17, 15) is 13.2 Å². The zero-order valence-corrected chi connectivity index (χ0v) is 17.0. The van der Waals surface area contributed by atoms with Crippen LogP contribution < -0.4 is 10.0 Å². The first-order valence-electron chi connectivity index (χ1n) is 8.77. The van der Waals surface area contributed by atoms with Crippen molar-refractivity contribution in [3.63, 3.8) is 0 Å². The highest BCUT2D eigenvalue weighted by molar-refractivity contribution is 7.92. The number of aryl methyl sites for hydroxylation is 1. The topological polar surface area (TPSA) is 88.2 Å². The van der Waals surface area contributed by atoms with Crippen molar-refractivity contribution in [1.82, 2.24) is 4.98 Å². The number of rotatable bonds is 5. The molecular formula is C21H17N3O3S2. The zero-order valence-electron chi connectivity index (χ0n) is 15.4. The van der Waals surface area contributed by atoms with Gasteiger partial charge in [-0.3, -0.25) is 9.52 Å². The Bertz CT molecular complexity index is 1280. The van der Waals surface area contributed by atoms with E-state index in [1.54, 1.807) is 59.9 Å². The van der Waals surface area contributed by atoms with Gasteiger partial charge in [0.15, 0.2) is 0 Å². The highest BCUT2D eigenvalue weighted by atomic mass is 32.2. The standard InChI is InChI=1S/C21H17N3O3S2/c1-14-22-19-13-15(7-12-20(19)28-14)21(25)23-16-8-10-18(11-9-16)29(26,27)24-17-5-3-2-4-6-17/h2-13,24H,1H3,(H,23,25). The molecule has 6 nitrogen and oxygen atoms in total. The van der Waals surface area contributed by atoms with Crippen molar-refractivity contribution in [1.29, 1.82) is 0 Å². The largest absolute Gasteiger partial charge is 0.322 e. The maximum atomic E-state index is 12.5. The van der Waals surface area contributed by atoms with Crippen LogP contribution in [0.3, 0.4) is 0 Å². The molecule has 4 aromatic rings. The van der Waals surface area contributed by atoms with Crippen LogP contribution in [0, 0.1) is 6.92 Å². The summed E-state index contributed by atoms with van der Waals surface area (Å²) in [6, 6.07) is 20.0. The van der Waals surface area contributed by atoms with E-state index >= 15 is 0 Å². The summed E-state index contributed by atoms with van der Waals surface area (Å²) in [5.41, 5.74) is 2.26. The fourth-order valence-corrected chi connectivity index (χ4v) is 4.69. The molecular weight excluding hydrogens is 406 g/mol. The van der Waals surface area contributed by atoms with Gasteiger partial charge >= 0.3 is 0 Å². The van der Waals surface area contributed by atoms with Crippen molar-refractivity contribution in [2.45, 2.75) is 11.8 Å². The van der Waals surface area contributed by atoms with Crippen molar-refractivity contribution < 1.29 is 13.2 Å². The van der Waals surface area contributed by atoms with E-state index in [0.29, 0.717) is 16.9 Å². The van der Waals surface area contributed by atoms with Crippen LogP contribution in [0.4, 0.5) is 11.4 Å². The Kier molecular flexibility index (Phi) is 5.04. The molecule has 1 amide bonds. The molecule has 4 rings (SSSR count). The van der Waals surface area contributed by atoms with E-state index in [1.807, 2.05) is 19.1 Å². The second-order valence-electron chi connectivity index (χ2n) is 6.37. The molecule has 29 heavy (non-hydrogen) atoms. The Morgan fingerprint density at radius 1 is 0.931 bits per heavy atom. The van der Waals surface area contributed by atoms with Gasteiger partial charge in [0.05, 0.1) is 20.1 Å². The summed E-state index contributed by atoms with van der Waals surface area (Å²) in [5, 5.41) is 3.72. The molecule has 0 fully saturated rings. The predicted molar refractivity (Wildman–Crippen MR) is 116 cm³/mol. The summed E-state index contributed by atoms with van der Waals surface area (Å²) < 4.78 is 28.5. The summed E-state index contributed by atoms with van der Waals surface area (Å²) in [5.74, 6) is -0.282. The highest BCUT2D eigenvalue weighted by Crippen LogP contribution is 2.23. The zero-order chi connectivity index (χ0) is 20.4. The average molecular weight is 424 g/mol. The van der Waals surface area contributed by atoms with Crippen LogP contribution in [-0.2, 0) is 10.0 Å². The number of anilines is 2. The number of para-hydroxylation sites is 1. The van der Waals surface area contributed by atoms with Crippen LogP contribution in [0.25, 0.3) is 10.2 Å². The molecule has 0 spiro atoms. The van der Waals surface area contributed by atoms with Crippen molar-refractivity contribution >= 4 is 48.9 Å². The van der Waals surface area contributed by atoms with Crippen LogP contribution in [0.2, 0.25) is 0 Å². The lowest BCUT2D eigenvalue weighted by Gasteiger charge is -2.09. The van der Waals surface area contributed by atoms with Gasteiger partial charge in [0.2, 0.25) is 0 Å². The molecule has 2 N–H and O–H groups in total. The van der Waals surface area contributed by atoms with Gasteiger partial charge in [0.1, 0.15) is 0 Å². The number of benzene rings is 3. The van der Waals surface area contributed by atoms with E-state index in [-0.39, 0.29) is 10.8 Å². The molecule has 0 aliphatic carbocycles. The molecule has 0 saturated carbocycles. The predicted octanol–water partition coefficient (Wildman–Crippen LogP) is 4.66. The number of hydrogen-bond donors (Lipinski definition) is 2. The Balaban J connectivity index is 1.49. The highest BCUT2D eigenvalue weighted by Gasteiger charge is 2.15. The number of sulfonamides is 1. The van der Waals surface area contributed by atoms with E-state index in [4.69, 9.17) is 0 Å². The Morgan fingerprint density at radius 2 is 1.66 bits per heavy atom. The molecule has 0 atom stereocenters. The summed E-state index contributed by atoms with van der Waals surface area (Å²) in [7, 11) is -3.70. The normalized spacial score (nSPS) is 11.3. The van der Waals surface area contributed by atoms with Crippen LogP contribution in [0.1, 0.15) is 15.4 Å². The van der Waals surface area contributed by atoms with Gasteiger partial charge in [-0.25, -0.2) is 13.4 Å². The van der Waals surface area contributed by atoms with Crippen molar-refractivity contribution in [3.05, 3.63) is 83.4 Å². The lowest BCUT2D eigenvalue weighted by atomic mass is 10.2. The molecule has 1 aromatic heterocycles. The first-order valence-corrected chi connectivity index (χ1v) is 11.1. The summed E-state index contributed by atoms with van der Waals surface area (Å²) in [6.45, 7) is 1.92. The number of nitrogens with one attached hydrogen (secondary N) is 2.